The second-order valence-corrected chi connectivity index (χ2v) is 5.58. The summed E-state index contributed by atoms with van der Waals surface area (Å²) in [6.45, 7) is 9.74. The topological polar surface area (TPSA) is 28.4 Å². The maximum atomic E-state index is 5.61. The fourth-order valence-electron chi connectivity index (χ4n) is 2.74. The Morgan fingerprint density at radius 2 is 2.33 bits per heavy atom. The lowest BCUT2D eigenvalue weighted by atomic mass is 10.1. The van der Waals surface area contributed by atoms with Crippen LogP contribution in [0, 0.1) is 0 Å². The lowest BCUT2D eigenvalue weighted by Gasteiger charge is -2.23. The smallest absolute Gasteiger partial charge is 0.122 e. The molecule has 3 nitrogen and oxygen atoms in total. The van der Waals surface area contributed by atoms with Crippen LogP contribution in [0.2, 0.25) is 0 Å². The van der Waals surface area contributed by atoms with Gasteiger partial charge in [-0.1, -0.05) is 20.8 Å². The number of hydrogen-bond acceptors (Lipinski definition) is 3. The molecule has 3 heteroatoms. The second-order valence-electron chi connectivity index (χ2n) is 5.58. The summed E-state index contributed by atoms with van der Waals surface area (Å²) in [7, 11) is 0. The maximum Gasteiger partial charge on any atom is 0.122 e. The highest BCUT2D eigenvalue weighted by Crippen LogP contribution is 2.23. The van der Waals surface area contributed by atoms with Crippen LogP contribution in [-0.2, 0) is 13.1 Å². The molecule has 18 heavy (non-hydrogen) atoms. The SMILES string of the molecule is CCC1CCCN1Cc1ccoc1CNC(C)C. The molecule has 1 aliphatic heterocycles. The van der Waals surface area contributed by atoms with Crippen LogP contribution in [-0.4, -0.2) is 23.5 Å². The van der Waals surface area contributed by atoms with Gasteiger partial charge >= 0.3 is 0 Å². The Balaban J connectivity index is 1.94. The molecule has 0 aliphatic carbocycles. The summed E-state index contributed by atoms with van der Waals surface area (Å²) in [5.74, 6) is 1.10. The molecule has 0 saturated carbocycles. The summed E-state index contributed by atoms with van der Waals surface area (Å²) >= 11 is 0. The summed E-state index contributed by atoms with van der Waals surface area (Å²) < 4.78 is 5.61. The monoisotopic (exact) mass is 250 g/mol. The number of likely N-dealkylation sites (tertiary alicyclic amines) is 1. The molecule has 2 heterocycles. The van der Waals surface area contributed by atoms with Gasteiger partial charge in [0, 0.05) is 24.2 Å². The van der Waals surface area contributed by atoms with Crippen molar-refractivity contribution in [2.45, 2.75) is 65.2 Å². The van der Waals surface area contributed by atoms with E-state index in [0.29, 0.717) is 6.04 Å². The number of hydrogen-bond donors (Lipinski definition) is 1. The van der Waals surface area contributed by atoms with E-state index in [0.717, 1.165) is 24.9 Å². The molecule has 0 radical (unpaired) electrons. The molecule has 0 amide bonds. The van der Waals surface area contributed by atoms with Crippen molar-refractivity contribution >= 4 is 0 Å². The highest BCUT2D eigenvalue weighted by molar-refractivity contribution is 5.17. The standard InChI is InChI=1S/C15H26N2O/c1-4-14-6-5-8-17(14)11-13-7-9-18-15(13)10-16-12(2)3/h7,9,12,14,16H,4-6,8,10-11H2,1-3H3. The van der Waals surface area contributed by atoms with Crippen LogP contribution in [0.15, 0.2) is 16.7 Å². The van der Waals surface area contributed by atoms with Gasteiger partial charge in [-0.25, -0.2) is 0 Å². The molecule has 0 aromatic carbocycles. The van der Waals surface area contributed by atoms with Crippen LogP contribution in [0.5, 0.6) is 0 Å². The van der Waals surface area contributed by atoms with Crippen LogP contribution >= 0.6 is 0 Å². The molecule has 1 saturated heterocycles. The summed E-state index contributed by atoms with van der Waals surface area (Å²) in [5.41, 5.74) is 1.35. The average molecular weight is 250 g/mol. The summed E-state index contributed by atoms with van der Waals surface area (Å²) in [5, 5.41) is 3.43. The van der Waals surface area contributed by atoms with E-state index < -0.39 is 0 Å². The average Bonchev–Trinajstić information content (AvgIpc) is 2.96. The predicted molar refractivity (Wildman–Crippen MR) is 74.4 cm³/mol. The molecule has 1 aliphatic rings. The van der Waals surface area contributed by atoms with Crippen molar-refractivity contribution in [3.8, 4) is 0 Å². The minimum absolute atomic E-state index is 0.498. The molecule has 2 rings (SSSR count). The summed E-state index contributed by atoms with van der Waals surface area (Å²) in [6, 6.07) is 3.39. The normalized spacial score (nSPS) is 21.0. The zero-order valence-corrected chi connectivity index (χ0v) is 11.9. The van der Waals surface area contributed by atoms with Crippen LogP contribution < -0.4 is 5.32 Å². The molecular weight excluding hydrogens is 224 g/mol. The van der Waals surface area contributed by atoms with E-state index in [1.165, 1.54) is 31.4 Å². The Kier molecular flexibility index (Phi) is 4.84. The van der Waals surface area contributed by atoms with E-state index in [-0.39, 0.29) is 0 Å². The molecule has 0 spiro atoms. The first-order chi connectivity index (χ1) is 8.70. The van der Waals surface area contributed by atoms with Gasteiger partial charge < -0.3 is 9.73 Å². The zero-order valence-electron chi connectivity index (χ0n) is 11.9. The van der Waals surface area contributed by atoms with Gasteiger partial charge in [0.15, 0.2) is 0 Å². The molecule has 1 unspecified atom stereocenters. The molecule has 1 aromatic rings. The van der Waals surface area contributed by atoms with Crippen molar-refractivity contribution in [2.24, 2.45) is 0 Å². The van der Waals surface area contributed by atoms with Crippen molar-refractivity contribution < 1.29 is 4.42 Å². The third-order valence-electron chi connectivity index (χ3n) is 3.85. The van der Waals surface area contributed by atoms with Crippen LogP contribution in [0.4, 0.5) is 0 Å². The van der Waals surface area contributed by atoms with Gasteiger partial charge in [-0.05, 0) is 31.9 Å². The van der Waals surface area contributed by atoms with E-state index in [4.69, 9.17) is 4.42 Å². The molecule has 1 fully saturated rings. The van der Waals surface area contributed by atoms with Gasteiger partial charge in [-0.15, -0.1) is 0 Å². The molecule has 0 bridgehead atoms. The van der Waals surface area contributed by atoms with Crippen LogP contribution in [0.3, 0.4) is 0 Å². The molecule has 1 N–H and O–H groups in total. The lowest BCUT2D eigenvalue weighted by molar-refractivity contribution is 0.238. The van der Waals surface area contributed by atoms with Gasteiger partial charge in [-0.3, -0.25) is 4.90 Å². The summed E-state index contributed by atoms with van der Waals surface area (Å²) in [6.07, 6.45) is 5.78. The molecular formula is C15H26N2O. The first-order valence-electron chi connectivity index (χ1n) is 7.23. The van der Waals surface area contributed by atoms with Crippen molar-refractivity contribution in [1.82, 2.24) is 10.2 Å². The highest BCUT2D eigenvalue weighted by Gasteiger charge is 2.23. The Bertz CT molecular complexity index is 359. The van der Waals surface area contributed by atoms with E-state index >= 15 is 0 Å². The number of rotatable bonds is 6. The Labute approximate surface area is 111 Å². The van der Waals surface area contributed by atoms with Gasteiger partial charge in [-0.2, -0.15) is 0 Å². The van der Waals surface area contributed by atoms with Gasteiger partial charge in [0.05, 0.1) is 12.8 Å². The second kappa shape index (κ2) is 6.39. The minimum atomic E-state index is 0.498. The Hall–Kier alpha value is -0.800. The molecule has 1 aromatic heterocycles. The first-order valence-corrected chi connectivity index (χ1v) is 7.23. The number of nitrogens with zero attached hydrogens (tertiary/aromatic N) is 1. The molecule has 102 valence electrons. The van der Waals surface area contributed by atoms with Crippen LogP contribution in [0.1, 0.15) is 51.4 Å². The molecule has 1 atom stereocenters. The third-order valence-corrected chi connectivity index (χ3v) is 3.85. The van der Waals surface area contributed by atoms with E-state index in [2.05, 4.69) is 37.1 Å². The lowest BCUT2D eigenvalue weighted by Crippen LogP contribution is -2.29. The van der Waals surface area contributed by atoms with Crippen molar-refractivity contribution in [3.05, 3.63) is 23.7 Å². The number of nitrogens with one attached hydrogen (secondary N) is 1. The largest absolute Gasteiger partial charge is 0.468 e. The van der Waals surface area contributed by atoms with Crippen molar-refractivity contribution in [3.63, 3.8) is 0 Å². The fourth-order valence-corrected chi connectivity index (χ4v) is 2.74. The predicted octanol–water partition coefficient (Wildman–Crippen LogP) is 3.15. The highest BCUT2D eigenvalue weighted by atomic mass is 16.3. The van der Waals surface area contributed by atoms with Gasteiger partial charge in [0.1, 0.15) is 5.76 Å². The Morgan fingerprint density at radius 1 is 1.50 bits per heavy atom. The van der Waals surface area contributed by atoms with Crippen molar-refractivity contribution in [1.29, 1.82) is 0 Å². The van der Waals surface area contributed by atoms with Crippen LogP contribution in [0.25, 0.3) is 0 Å². The minimum Gasteiger partial charge on any atom is -0.468 e. The zero-order chi connectivity index (χ0) is 13.0. The third kappa shape index (κ3) is 3.36. The van der Waals surface area contributed by atoms with Crippen molar-refractivity contribution in [2.75, 3.05) is 6.54 Å². The van der Waals surface area contributed by atoms with E-state index in [9.17, 15) is 0 Å². The van der Waals surface area contributed by atoms with Gasteiger partial charge in [0.2, 0.25) is 0 Å². The Morgan fingerprint density at radius 3 is 3.06 bits per heavy atom. The van der Waals surface area contributed by atoms with Gasteiger partial charge in [0.25, 0.3) is 0 Å². The number of furan rings is 1. The fraction of sp³-hybridized carbons (Fsp3) is 0.733. The maximum absolute atomic E-state index is 5.61. The summed E-state index contributed by atoms with van der Waals surface area (Å²) in [4.78, 5) is 2.60. The van der Waals surface area contributed by atoms with E-state index in [1.54, 1.807) is 0 Å². The van der Waals surface area contributed by atoms with E-state index in [1.807, 2.05) is 6.26 Å². The first kappa shape index (κ1) is 13.6. The quantitative estimate of drug-likeness (QED) is 0.840.